The Hall–Kier alpha value is -3.55. The monoisotopic (exact) mass is 490 g/mol. The normalized spacial score (nSPS) is 16.1. The first-order chi connectivity index (χ1) is 16.4. The van der Waals surface area contributed by atoms with Gasteiger partial charge in [-0.2, -0.15) is 4.98 Å². The number of aromatic nitrogens is 2. The molecule has 4 aromatic rings. The van der Waals surface area contributed by atoms with Crippen molar-refractivity contribution in [2.24, 2.45) is 0 Å². The molecule has 1 unspecified atom stereocenters. The fraction of sp³-hybridized carbons (Fsp3) is 0.115. The highest BCUT2D eigenvalue weighted by Crippen LogP contribution is 2.39. The van der Waals surface area contributed by atoms with Gasteiger partial charge in [0, 0.05) is 22.0 Å². The van der Waals surface area contributed by atoms with Gasteiger partial charge < -0.3 is 9.84 Å². The minimum Gasteiger partial charge on any atom is -0.351 e. The molecule has 34 heavy (non-hydrogen) atoms. The van der Waals surface area contributed by atoms with Crippen molar-refractivity contribution >= 4 is 40.2 Å². The van der Waals surface area contributed by atoms with Crippen molar-refractivity contribution in [2.75, 3.05) is 4.90 Å². The molecule has 8 heteroatoms. The Balaban J connectivity index is 1.67. The summed E-state index contributed by atoms with van der Waals surface area (Å²) >= 11 is 12.1. The molecule has 0 spiro atoms. The van der Waals surface area contributed by atoms with Gasteiger partial charge in [0.2, 0.25) is 5.82 Å². The number of thiocarbonyl (C=S) groups is 1. The highest BCUT2D eigenvalue weighted by atomic mass is 35.5. The molecule has 1 N–H and O–H groups in total. The zero-order valence-electron chi connectivity index (χ0n) is 18.4. The van der Waals surface area contributed by atoms with E-state index in [2.05, 4.69) is 21.5 Å². The average molecular weight is 491 g/mol. The Labute approximate surface area is 206 Å². The maximum absolute atomic E-state index is 13.8. The second-order valence-corrected chi connectivity index (χ2v) is 8.87. The molecule has 1 aliphatic rings. The minimum absolute atomic E-state index is 0.301. The van der Waals surface area contributed by atoms with E-state index in [-0.39, 0.29) is 11.9 Å². The molecule has 1 aromatic heterocycles. The van der Waals surface area contributed by atoms with Crippen LogP contribution in [0.25, 0.3) is 17.0 Å². The SMILES string of the molecule is CC1=C(c2nc(-c3cccc(F)c3)no2)C(c2cccc(Cl)c2)NC(=S)N1c1cccc(C)c1. The third-order valence-electron chi connectivity index (χ3n) is 5.67. The van der Waals surface area contributed by atoms with Gasteiger partial charge in [-0.3, -0.25) is 4.90 Å². The Kier molecular flexibility index (Phi) is 5.89. The molecular formula is C26H20ClFN4OS. The van der Waals surface area contributed by atoms with Crippen LogP contribution in [0.1, 0.15) is 30.0 Å². The maximum atomic E-state index is 13.8. The molecular weight excluding hydrogens is 471 g/mol. The lowest BCUT2D eigenvalue weighted by Crippen LogP contribution is -2.46. The van der Waals surface area contributed by atoms with E-state index in [1.54, 1.807) is 12.1 Å². The van der Waals surface area contributed by atoms with E-state index < -0.39 is 0 Å². The van der Waals surface area contributed by atoms with Crippen molar-refractivity contribution in [3.63, 3.8) is 0 Å². The summed E-state index contributed by atoms with van der Waals surface area (Å²) in [6.45, 7) is 4.00. The first-order valence-electron chi connectivity index (χ1n) is 10.6. The molecule has 3 aromatic carbocycles. The highest BCUT2D eigenvalue weighted by Gasteiger charge is 2.35. The van der Waals surface area contributed by atoms with Crippen LogP contribution in [-0.2, 0) is 0 Å². The number of allylic oxidation sites excluding steroid dienone is 1. The number of benzene rings is 3. The van der Waals surface area contributed by atoms with Gasteiger partial charge in [0.25, 0.3) is 5.89 Å². The zero-order valence-corrected chi connectivity index (χ0v) is 20.0. The molecule has 1 atom stereocenters. The van der Waals surface area contributed by atoms with Gasteiger partial charge in [0.1, 0.15) is 5.82 Å². The number of anilines is 1. The van der Waals surface area contributed by atoms with Crippen LogP contribution < -0.4 is 10.2 Å². The summed E-state index contributed by atoms with van der Waals surface area (Å²) in [6.07, 6.45) is 0. The van der Waals surface area contributed by atoms with Gasteiger partial charge in [-0.25, -0.2) is 4.39 Å². The van der Waals surface area contributed by atoms with Crippen LogP contribution in [0, 0.1) is 12.7 Å². The molecule has 0 saturated carbocycles. The Bertz CT molecular complexity index is 1430. The van der Waals surface area contributed by atoms with Gasteiger partial charge in [-0.1, -0.05) is 53.2 Å². The summed E-state index contributed by atoms with van der Waals surface area (Å²) in [5, 5.41) is 8.69. The topological polar surface area (TPSA) is 54.2 Å². The molecule has 170 valence electrons. The Morgan fingerprint density at radius 2 is 1.82 bits per heavy atom. The lowest BCUT2D eigenvalue weighted by molar-refractivity contribution is 0.404. The summed E-state index contributed by atoms with van der Waals surface area (Å²) in [7, 11) is 0. The van der Waals surface area contributed by atoms with E-state index in [4.69, 9.17) is 28.3 Å². The van der Waals surface area contributed by atoms with Crippen molar-refractivity contribution in [3.05, 3.63) is 106 Å². The third kappa shape index (κ3) is 4.20. The molecule has 5 nitrogen and oxygen atoms in total. The van der Waals surface area contributed by atoms with Gasteiger partial charge in [-0.15, -0.1) is 0 Å². The van der Waals surface area contributed by atoms with Crippen LogP contribution in [0.5, 0.6) is 0 Å². The first kappa shape index (κ1) is 22.3. The summed E-state index contributed by atoms with van der Waals surface area (Å²) in [4.78, 5) is 6.57. The second-order valence-electron chi connectivity index (χ2n) is 8.04. The Morgan fingerprint density at radius 1 is 1.03 bits per heavy atom. The lowest BCUT2D eigenvalue weighted by atomic mass is 9.94. The largest absolute Gasteiger partial charge is 0.351 e. The van der Waals surface area contributed by atoms with Crippen LogP contribution in [-0.4, -0.2) is 15.3 Å². The molecule has 0 amide bonds. The smallest absolute Gasteiger partial charge is 0.258 e. The molecule has 0 bridgehead atoms. The van der Waals surface area contributed by atoms with Gasteiger partial charge in [0.15, 0.2) is 5.11 Å². The second kappa shape index (κ2) is 9.00. The van der Waals surface area contributed by atoms with Crippen molar-refractivity contribution in [2.45, 2.75) is 19.9 Å². The molecule has 1 aliphatic heterocycles. The predicted octanol–water partition coefficient (Wildman–Crippen LogP) is 6.70. The zero-order chi connectivity index (χ0) is 23.8. The summed E-state index contributed by atoms with van der Waals surface area (Å²) < 4.78 is 19.5. The van der Waals surface area contributed by atoms with E-state index in [0.29, 0.717) is 27.4 Å². The third-order valence-corrected chi connectivity index (χ3v) is 6.20. The van der Waals surface area contributed by atoms with Gasteiger partial charge in [0.05, 0.1) is 11.6 Å². The van der Waals surface area contributed by atoms with Crippen molar-refractivity contribution in [3.8, 4) is 11.4 Å². The quantitative estimate of drug-likeness (QED) is 0.321. The number of nitrogens with one attached hydrogen (secondary N) is 1. The summed E-state index contributed by atoms with van der Waals surface area (Å²) in [5.41, 5.74) is 5.06. The number of hydrogen-bond donors (Lipinski definition) is 1. The van der Waals surface area contributed by atoms with Crippen LogP contribution in [0.2, 0.25) is 5.02 Å². The molecule has 0 radical (unpaired) electrons. The van der Waals surface area contributed by atoms with Gasteiger partial charge in [-0.05, 0) is 73.6 Å². The maximum Gasteiger partial charge on any atom is 0.258 e. The van der Waals surface area contributed by atoms with Crippen LogP contribution >= 0.6 is 23.8 Å². The average Bonchev–Trinajstić information content (AvgIpc) is 3.28. The predicted molar refractivity (Wildman–Crippen MR) is 136 cm³/mol. The lowest BCUT2D eigenvalue weighted by Gasteiger charge is -2.37. The van der Waals surface area contributed by atoms with E-state index in [9.17, 15) is 4.39 Å². The van der Waals surface area contributed by atoms with Crippen molar-refractivity contribution < 1.29 is 8.91 Å². The van der Waals surface area contributed by atoms with Gasteiger partial charge >= 0.3 is 0 Å². The van der Waals surface area contributed by atoms with Crippen LogP contribution in [0.15, 0.2) is 83.0 Å². The molecule has 0 fully saturated rings. The number of hydrogen-bond acceptors (Lipinski definition) is 4. The molecule has 0 aliphatic carbocycles. The first-order valence-corrected chi connectivity index (χ1v) is 11.4. The van der Waals surface area contributed by atoms with E-state index in [1.165, 1.54) is 12.1 Å². The van der Waals surface area contributed by atoms with Crippen LogP contribution in [0.3, 0.4) is 0 Å². The number of aryl methyl sites for hydroxylation is 1. The summed E-state index contributed by atoms with van der Waals surface area (Å²) in [5.74, 6) is 0.246. The van der Waals surface area contributed by atoms with E-state index in [0.717, 1.165) is 28.1 Å². The van der Waals surface area contributed by atoms with E-state index in [1.807, 2.05) is 61.2 Å². The summed E-state index contributed by atoms with van der Waals surface area (Å²) in [6, 6.07) is 21.3. The van der Waals surface area contributed by atoms with E-state index >= 15 is 0 Å². The van der Waals surface area contributed by atoms with Crippen molar-refractivity contribution in [1.29, 1.82) is 0 Å². The molecule has 0 saturated heterocycles. The highest BCUT2D eigenvalue weighted by molar-refractivity contribution is 7.80. The van der Waals surface area contributed by atoms with Crippen LogP contribution in [0.4, 0.5) is 10.1 Å². The Morgan fingerprint density at radius 3 is 2.59 bits per heavy atom. The molecule has 2 heterocycles. The van der Waals surface area contributed by atoms with Crippen molar-refractivity contribution in [1.82, 2.24) is 15.5 Å². The molecule has 5 rings (SSSR count). The number of halogens is 2. The fourth-order valence-electron chi connectivity index (χ4n) is 4.11. The standard InChI is InChI=1S/C26H20ClFN4OS/c1-15-6-3-11-21(12-15)32-16(2)22(23(29-26(32)34)17-7-4-9-19(27)13-17)25-30-24(31-33-25)18-8-5-10-20(28)14-18/h3-14,23H,1-2H3,(H,29,34). The number of rotatable bonds is 4. The fourth-order valence-corrected chi connectivity index (χ4v) is 4.67. The number of nitrogens with zero attached hydrogens (tertiary/aromatic N) is 3. The minimum atomic E-state index is -0.369.